The number of ether oxygens (including phenoxy) is 1. The molecule has 2 aromatic carbocycles. The number of aryl methyl sites for hydroxylation is 1. The van der Waals surface area contributed by atoms with E-state index < -0.39 is 23.9 Å². The van der Waals surface area contributed by atoms with Crippen LogP contribution in [0.4, 0.5) is 13.2 Å². The van der Waals surface area contributed by atoms with Crippen molar-refractivity contribution in [1.82, 2.24) is 4.98 Å². The topological polar surface area (TPSA) is 65.2 Å². The zero-order valence-corrected chi connectivity index (χ0v) is 16.5. The van der Waals surface area contributed by atoms with Crippen molar-refractivity contribution in [2.45, 2.75) is 24.9 Å². The maximum Gasteiger partial charge on any atom is 0.390 e. The van der Waals surface area contributed by atoms with Crippen molar-refractivity contribution in [2.75, 3.05) is 7.11 Å². The van der Waals surface area contributed by atoms with E-state index in [0.29, 0.717) is 11.3 Å². The van der Waals surface area contributed by atoms with Crippen molar-refractivity contribution in [3.05, 3.63) is 83.7 Å². The van der Waals surface area contributed by atoms with Crippen LogP contribution in [0.1, 0.15) is 23.2 Å². The number of hydrogen-bond donors (Lipinski definition) is 1. The number of amides is 1. The molecule has 0 fully saturated rings. The lowest BCUT2D eigenvalue weighted by Crippen LogP contribution is -2.45. The molecule has 0 aliphatic rings. The van der Waals surface area contributed by atoms with E-state index in [0.717, 1.165) is 11.3 Å². The van der Waals surface area contributed by atoms with Crippen LogP contribution in [0.5, 0.6) is 5.75 Å². The summed E-state index contributed by atoms with van der Waals surface area (Å²) in [6, 6.07) is 16.0. The Morgan fingerprint density at radius 1 is 1.03 bits per heavy atom. The molecule has 1 unspecified atom stereocenters. The zero-order chi connectivity index (χ0) is 21.9. The molecule has 1 heterocycles. The Morgan fingerprint density at radius 2 is 1.73 bits per heavy atom. The molecule has 1 atom stereocenters. The van der Waals surface area contributed by atoms with Gasteiger partial charge in [0.15, 0.2) is 0 Å². The molecule has 7 heteroatoms. The average Bonchev–Trinajstić information content (AvgIpc) is 2.71. The van der Waals surface area contributed by atoms with Gasteiger partial charge in [-0.05, 0) is 41.8 Å². The molecule has 1 aromatic heterocycles. The van der Waals surface area contributed by atoms with Gasteiger partial charge >= 0.3 is 6.18 Å². The number of aromatic nitrogens is 1. The van der Waals surface area contributed by atoms with E-state index in [1.807, 2.05) is 13.0 Å². The summed E-state index contributed by atoms with van der Waals surface area (Å²) in [7, 11) is 1.43. The third-order valence-corrected chi connectivity index (χ3v) is 5.05. The Hall–Kier alpha value is -3.35. The van der Waals surface area contributed by atoms with Gasteiger partial charge in [-0.25, -0.2) is 0 Å². The van der Waals surface area contributed by atoms with Crippen molar-refractivity contribution >= 4 is 5.91 Å². The number of primary amides is 1. The molecule has 0 aliphatic heterocycles. The normalized spacial score (nSPS) is 13.5. The first-order valence-corrected chi connectivity index (χ1v) is 9.21. The van der Waals surface area contributed by atoms with E-state index in [1.165, 1.54) is 31.4 Å². The number of carbonyl (C=O) groups is 1. The van der Waals surface area contributed by atoms with Crippen LogP contribution in [0, 0.1) is 6.92 Å². The summed E-state index contributed by atoms with van der Waals surface area (Å²) in [6.45, 7) is 1.83. The number of hydrogen-bond acceptors (Lipinski definition) is 3. The summed E-state index contributed by atoms with van der Waals surface area (Å²) in [5.74, 6) is -0.748. The molecule has 0 saturated carbocycles. The summed E-state index contributed by atoms with van der Waals surface area (Å²) in [5, 5.41) is 0. The fourth-order valence-electron chi connectivity index (χ4n) is 3.67. The number of halogens is 3. The molecule has 3 aromatic rings. The van der Waals surface area contributed by atoms with Crippen molar-refractivity contribution in [3.8, 4) is 16.9 Å². The molecular formula is C23H21F3N2O2. The number of alkyl halides is 3. The van der Waals surface area contributed by atoms with E-state index in [-0.39, 0.29) is 11.1 Å². The molecule has 0 spiro atoms. The van der Waals surface area contributed by atoms with Crippen molar-refractivity contribution < 1.29 is 22.7 Å². The third kappa shape index (κ3) is 4.15. The summed E-state index contributed by atoms with van der Waals surface area (Å²) in [6.07, 6.45) is -4.41. The number of benzene rings is 2. The molecule has 1 amide bonds. The molecule has 2 N–H and O–H groups in total. The molecule has 0 aliphatic carbocycles. The first-order chi connectivity index (χ1) is 14.2. The van der Waals surface area contributed by atoms with Gasteiger partial charge in [-0.2, -0.15) is 13.2 Å². The van der Waals surface area contributed by atoms with Crippen LogP contribution in [0.3, 0.4) is 0 Å². The lowest BCUT2D eigenvalue weighted by Gasteiger charge is -2.33. The van der Waals surface area contributed by atoms with Gasteiger partial charge in [0, 0.05) is 17.5 Å². The summed E-state index contributed by atoms with van der Waals surface area (Å²) >= 11 is 0. The Kier molecular flexibility index (Phi) is 5.82. The lowest BCUT2D eigenvalue weighted by atomic mass is 9.71. The van der Waals surface area contributed by atoms with E-state index in [2.05, 4.69) is 4.98 Å². The van der Waals surface area contributed by atoms with E-state index in [9.17, 15) is 18.0 Å². The molecule has 30 heavy (non-hydrogen) atoms. The van der Waals surface area contributed by atoms with Gasteiger partial charge in [-0.15, -0.1) is 0 Å². The maximum absolute atomic E-state index is 13.6. The van der Waals surface area contributed by atoms with Crippen LogP contribution < -0.4 is 10.5 Å². The van der Waals surface area contributed by atoms with E-state index in [1.54, 1.807) is 36.5 Å². The van der Waals surface area contributed by atoms with Gasteiger partial charge in [-0.3, -0.25) is 9.78 Å². The average molecular weight is 414 g/mol. The highest BCUT2D eigenvalue weighted by molar-refractivity contribution is 5.91. The Bertz CT molecular complexity index is 1050. The minimum Gasteiger partial charge on any atom is -0.496 e. The Labute approximate surface area is 172 Å². The number of pyridine rings is 1. The monoisotopic (exact) mass is 414 g/mol. The van der Waals surface area contributed by atoms with Crippen LogP contribution in [-0.4, -0.2) is 24.2 Å². The lowest BCUT2D eigenvalue weighted by molar-refractivity contribution is -0.153. The highest BCUT2D eigenvalue weighted by atomic mass is 19.4. The van der Waals surface area contributed by atoms with Crippen molar-refractivity contribution in [2.24, 2.45) is 5.73 Å². The van der Waals surface area contributed by atoms with Crippen LogP contribution in [0.2, 0.25) is 0 Å². The summed E-state index contributed by atoms with van der Waals surface area (Å²) < 4.78 is 46.3. The van der Waals surface area contributed by atoms with Gasteiger partial charge < -0.3 is 10.5 Å². The van der Waals surface area contributed by atoms with Crippen LogP contribution in [0.25, 0.3) is 11.1 Å². The zero-order valence-electron chi connectivity index (χ0n) is 16.5. The fraction of sp³-hybridized carbons (Fsp3) is 0.217. The standard InChI is InChI=1S/C23H21F3N2O2/c1-15-12-16(10-11-28-15)19-9-8-18(13-20(19)30-2)22(21(27)29,14-23(24,25)26)17-6-4-3-5-7-17/h3-13H,14H2,1-2H3,(H2,27,29). The number of nitrogens with zero attached hydrogens (tertiary/aromatic N) is 1. The van der Waals surface area contributed by atoms with Crippen LogP contribution in [0.15, 0.2) is 66.9 Å². The smallest absolute Gasteiger partial charge is 0.390 e. The fourth-order valence-corrected chi connectivity index (χ4v) is 3.67. The second-order valence-electron chi connectivity index (χ2n) is 7.03. The van der Waals surface area contributed by atoms with Gasteiger partial charge in [0.1, 0.15) is 11.2 Å². The SMILES string of the molecule is COc1cc(C(CC(F)(F)F)(C(N)=O)c2ccccc2)ccc1-c1ccnc(C)c1. The predicted octanol–water partition coefficient (Wildman–Crippen LogP) is 4.79. The van der Waals surface area contributed by atoms with Gasteiger partial charge in [0.05, 0.1) is 13.5 Å². The first kappa shape index (κ1) is 21.4. The number of nitrogens with two attached hydrogens (primary N) is 1. The molecule has 3 rings (SSSR count). The Balaban J connectivity index is 2.25. The number of rotatable bonds is 6. The minimum absolute atomic E-state index is 0.116. The van der Waals surface area contributed by atoms with Crippen molar-refractivity contribution in [1.29, 1.82) is 0 Å². The molecule has 0 radical (unpaired) electrons. The quantitative estimate of drug-likeness (QED) is 0.631. The van der Waals surface area contributed by atoms with Crippen LogP contribution in [-0.2, 0) is 10.2 Å². The third-order valence-electron chi connectivity index (χ3n) is 5.05. The molecule has 156 valence electrons. The maximum atomic E-state index is 13.6. The van der Waals surface area contributed by atoms with Crippen LogP contribution >= 0.6 is 0 Å². The molecular weight excluding hydrogens is 393 g/mol. The molecule has 0 bridgehead atoms. The van der Waals surface area contributed by atoms with Gasteiger partial charge in [-0.1, -0.05) is 42.5 Å². The van der Waals surface area contributed by atoms with Gasteiger partial charge in [0.2, 0.25) is 5.91 Å². The Morgan fingerprint density at radius 3 is 2.30 bits per heavy atom. The highest BCUT2D eigenvalue weighted by Gasteiger charge is 2.49. The molecule has 4 nitrogen and oxygen atoms in total. The van der Waals surface area contributed by atoms with Crippen molar-refractivity contribution in [3.63, 3.8) is 0 Å². The first-order valence-electron chi connectivity index (χ1n) is 9.21. The largest absolute Gasteiger partial charge is 0.496 e. The number of methoxy groups -OCH3 is 1. The summed E-state index contributed by atoms with van der Waals surface area (Å²) in [4.78, 5) is 16.7. The minimum atomic E-state index is -4.63. The highest BCUT2D eigenvalue weighted by Crippen LogP contribution is 2.44. The summed E-state index contributed by atoms with van der Waals surface area (Å²) in [5.41, 5.74) is 6.07. The van der Waals surface area contributed by atoms with E-state index in [4.69, 9.17) is 10.5 Å². The second kappa shape index (κ2) is 8.18. The molecule has 0 saturated heterocycles. The second-order valence-corrected chi connectivity index (χ2v) is 7.03. The van der Waals surface area contributed by atoms with Gasteiger partial charge in [0.25, 0.3) is 0 Å². The number of carbonyl (C=O) groups excluding carboxylic acids is 1. The predicted molar refractivity (Wildman–Crippen MR) is 108 cm³/mol. The van der Waals surface area contributed by atoms with E-state index >= 15 is 0 Å².